The Morgan fingerprint density at radius 1 is 1.21 bits per heavy atom. The number of aryl methyl sites for hydroxylation is 1. The van der Waals surface area contributed by atoms with E-state index in [1.165, 1.54) is 11.1 Å². The van der Waals surface area contributed by atoms with E-state index in [1.54, 1.807) is 6.20 Å². The van der Waals surface area contributed by atoms with Gasteiger partial charge in [0.05, 0.1) is 5.56 Å². The lowest BCUT2D eigenvalue weighted by molar-refractivity contribution is 0.0826. The number of carbonyl (C=O) groups excluding carboxylic acids is 1. The maximum atomic E-state index is 12.3. The normalized spacial score (nSPS) is 15.0. The zero-order valence-corrected chi connectivity index (χ0v) is 14.7. The molecule has 0 atom stereocenters. The zero-order chi connectivity index (χ0) is 17.2. The molecule has 0 fully saturated rings. The first kappa shape index (κ1) is 16.7. The molecule has 0 saturated heterocycles. The molecule has 1 aliphatic heterocycles. The minimum atomic E-state index is -0.0959. The Bertz CT molecular complexity index is 722. The van der Waals surface area contributed by atoms with Crippen LogP contribution in [-0.4, -0.2) is 34.4 Å². The van der Waals surface area contributed by atoms with Gasteiger partial charge in [-0.2, -0.15) is 0 Å². The average molecular weight is 323 g/mol. The van der Waals surface area contributed by atoms with Gasteiger partial charge in [-0.25, -0.2) is 0 Å². The van der Waals surface area contributed by atoms with E-state index in [-0.39, 0.29) is 11.4 Å². The SMILES string of the molecule is Cc1ccc(C(=O)NCC(C)(C)N2CCc3ccccc3C2)cn1. The van der Waals surface area contributed by atoms with Crippen molar-refractivity contribution >= 4 is 5.91 Å². The Hall–Kier alpha value is -2.20. The van der Waals surface area contributed by atoms with Crippen LogP contribution in [0, 0.1) is 6.92 Å². The third kappa shape index (κ3) is 3.65. The molecular weight excluding hydrogens is 298 g/mol. The summed E-state index contributed by atoms with van der Waals surface area (Å²) < 4.78 is 0. The van der Waals surface area contributed by atoms with Crippen LogP contribution >= 0.6 is 0 Å². The molecule has 0 aliphatic carbocycles. The largest absolute Gasteiger partial charge is 0.350 e. The molecule has 1 aromatic heterocycles. The topological polar surface area (TPSA) is 45.2 Å². The first-order valence-electron chi connectivity index (χ1n) is 8.48. The quantitative estimate of drug-likeness (QED) is 0.941. The number of carbonyl (C=O) groups is 1. The second-order valence-electron chi connectivity index (χ2n) is 7.12. The van der Waals surface area contributed by atoms with E-state index >= 15 is 0 Å². The molecule has 0 bridgehead atoms. The molecule has 0 unspecified atom stereocenters. The van der Waals surface area contributed by atoms with E-state index in [4.69, 9.17) is 0 Å². The van der Waals surface area contributed by atoms with Crippen molar-refractivity contribution in [3.05, 3.63) is 65.0 Å². The fourth-order valence-electron chi connectivity index (χ4n) is 3.12. The lowest BCUT2D eigenvalue weighted by Gasteiger charge is -2.41. The summed E-state index contributed by atoms with van der Waals surface area (Å²) in [5.41, 5.74) is 4.27. The minimum Gasteiger partial charge on any atom is -0.350 e. The number of fused-ring (bicyclic) bond motifs is 1. The molecule has 0 saturated carbocycles. The first-order valence-corrected chi connectivity index (χ1v) is 8.48. The van der Waals surface area contributed by atoms with E-state index in [9.17, 15) is 4.79 Å². The smallest absolute Gasteiger partial charge is 0.252 e. The number of rotatable bonds is 4. The van der Waals surface area contributed by atoms with Crippen LogP contribution in [0.2, 0.25) is 0 Å². The van der Waals surface area contributed by atoms with Gasteiger partial charge >= 0.3 is 0 Å². The molecule has 1 aliphatic rings. The number of nitrogens with one attached hydrogen (secondary N) is 1. The van der Waals surface area contributed by atoms with Gasteiger partial charge in [-0.05, 0) is 50.5 Å². The van der Waals surface area contributed by atoms with Crippen LogP contribution in [0.5, 0.6) is 0 Å². The molecule has 24 heavy (non-hydrogen) atoms. The predicted octanol–water partition coefficient (Wildman–Crippen LogP) is 2.96. The summed E-state index contributed by atoms with van der Waals surface area (Å²) in [6, 6.07) is 12.3. The maximum absolute atomic E-state index is 12.3. The highest BCUT2D eigenvalue weighted by molar-refractivity contribution is 5.93. The number of hydrogen-bond donors (Lipinski definition) is 1. The predicted molar refractivity (Wildman–Crippen MR) is 95.9 cm³/mol. The molecular formula is C20H25N3O. The van der Waals surface area contributed by atoms with E-state index in [2.05, 4.69) is 53.3 Å². The number of pyridine rings is 1. The van der Waals surface area contributed by atoms with E-state index in [1.807, 2.05) is 19.1 Å². The Labute approximate surface area is 143 Å². The van der Waals surface area contributed by atoms with Crippen molar-refractivity contribution in [2.75, 3.05) is 13.1 Å². The third-order valence-corrected chi connectivity index (χ3v) is 4.84. The van der Waals surface area contributed by atoms with Crippen LogP contribution < -0.4 is 5.32 Å². The van der Waals surface area contributed by atoms with Gasteiger partial charge in [0.2, 0.25) is 0 Å². The van der Waals surface area contributed by atoms with Crippen LogP contribution in [0.15, 0.2) is 42.6 Å². The molecule has 4 nitrogen and oxygen atoms in total. The van der Waals surface area contributed by atoms with Crippen molar-refractivity contribution < 1.29 is 4.79 Å². The summed E-state index contributed by atoms with van der Waals surface area (Å²) in [5.74, 6) is -0.0621. The molecule has 4 heteroatoms. The summed E-state index contributed by atoms with van der Waals surface area (Å²) in [4.78, 5) is 18.9. The average Bonchev–Trinajstić information content (AvgIpc) is 2.60. The van der Waals surface area contributed by atoms with Gasteiger partial charge in [-0.15, -0.1) is 0 Å². The molecule has 0 radical (unpaired) electrons. The van der Waals surface area contributed by atoms with Gasteiger partial charge in [0.15, 0.2) is 0 Å². The molecule has 1 aromatic carbocycles. The van der Waals surface area contributed by atoms with Crippen molar-refractivity contribution in [3.63, 3.8) is 0 Å². The summed E-state index contributed by atoms with van der Waals surface area (Å²) >= 11 is 0. The van der Waals surface area contributed by atoms with Crippen molar-refractivity contribution in [1.82, 2.24) is 15.2 Å². The fourth-order valence-corrected chi connectivity index (χ4v) is 3.12. The number of aromatic nitrogens is 1. The summed E-state index contributed by atoms with van der Waals surface area (Å²) in [6.45, 7) is 8.86. The van der Waals surface area contributed by atoms with Gasteiger partial charge in [0.1, 0.15) is 0 Å². The molecule has 1 N–H and O–H groups in total. The summed E-state index contributed by atoms with van der Waals surface area (Å²) in [7, 11) is 0. The molecule has 1 amide bonds. The van der Waals surface area contributed by atoms with E-state index < -0.39 is 0 Å². The van der Waals surface area contributed by atoms with Crippen LogP contribution in [0.1, 0.15) is 41.0 Å². The number of nitrogens with zero attached hydrogens (tertiary/aromatic N) is 2. The first-order chi connectivity index (χ1) is 11.5. The van der Waals surface area contributed by atoms with Gasteiger partial charge in [-0.1, -0.05) is 24.3 Å². The molecule has 126 valence electrons. The van der Waals surface area contributed by atoms with Gasteiger partial charge in [0, 0.05) is 37.1 Å². The van der Waals surface area contributed by atoms with Gasteiger partial charge in [0.25, 0.3) is 5.91 Å². The van der Waals surface area contributed by atoms with Crippen molar-refractivity contribution in [1.29, 1.82) is 0 Å². The highest BCUT2D eigenvalue weighted by atomic mass is 16.1. The van der Waals surface area contributed by atoms with Crippen LogP contribution in [-0.2, 0) is 13.0 Å². The lowest BCUT2D eigenvalue weighted by Crippen LogP contribution is -2.53. The molecule has 2 heterocycles. The van der Waals surface area contributed by atoms with Crippen molar-refractivity contribution in [3.8, 4) is 0 Å². The lowest BCUT2D eigenvalue weighted by atomic mass is 9.94. The minimum absolute atomic E-state index is 0.0621. The van der Waals surface area contributed by atoms with Crippen LogP contribution in [0.4, 0.5) is 0 Å². The summed E-state index contributed by atoms with van der Waals surface area (Å²) in [6.07, 6.45) is 2.70. The summed E-state index contributed by atoms with van der Waals surface area (Å²) in [5, 5.41) is 3.06. The number of amides is 1. The monoisotopic (exact) mass is 323 g/mol. The molecule has 0 spiro atoms. The Morgan fingerprint density at radius 3 is 2.67 bits per heavy atom. The van der Waals surface area contributed by atoms with E-state index in [0.29, 0.717) is 12.1 Å². The van der Waals surface area contributed by atoms with Gasteiger partial charge in [-0.3, -0.25) is 14.7 Å². The maximum Gasteiger partial charge on any atom is 0.252 e. The highest BCUT2D eigenvalue weighted by Crippen LogP contribution is 2.24. The zero-order valence-electron chi connectivity index (χ0n) is 14.7. The Kier molecular flexibility index (Phi) is 4.67. The van der Waals surface area contributed by atoms with E-state index in [0.717, 1.165) is 25.2 Å². The van der Waals surface area contributed by atoms with Crippen molar-refractivity contribution in [2.24, 2.45) is 0 Å². The third-order valence-electron chi connectivity index (χ3n) is 4.84. The number of hydrogen-bond acceptors (Lipinski definition) is 3. The van der Waals surface area contributed by atoms with Gasteiger partial charge < -0.3 is 5.32 Å². The molecule has 3 rings (SSSR count). The second-order valence-corrected chi connectivity index (χ2v) is 7.12. The van der Waals surface area contributed by atoms with Crippen molar-refractivity contribution in [2.45, 2.75) is 39.3 Å². The van der Waals surface area contributed by atoms with Crippen LogP contribution in [0.25, 0.3) is 0 Å². The Morgan fingerprint density at radius 2 is 1.96 bits per heavy atom. The molecule has 2 aromatic rings. The standard InChI is InChI=1S/C20H25N3O/c1-15-8-9-17(12-21-15)19(24)22-14-20(2,3)23-11-10-16-6-4-5-7-18(16)13-23/h4-9,12H,10-11,13-14H2,1-3H3,(H,22,24). The Balaban J connectivity index is 1.62. The second kappa shape index (κ2) is 6.73. The fraction of sp³-hybridized carbons (Fsp3) is 0.400. The van der Waals surface area contributed by atoms with Crippen LogP contribution in [0.3, 0.4) is 0 Å². The number of benzene rings is 1. The highest BCUT2D eigenvalue weighted by Gasteiger charge is 2.30.